The minimum atomic E-state index is -3.43. The fourth-order valence-electron chi connectivity index (χ4n) is 3.95. The quantitative estimate of drug-likeness (QED) is 0.639. The molecule has 0 saturated carbocycles. The zero-order valence-corrected chi connectivity index (χ0v) is 18.4. The second kappa shape index (κ2) is 8.55. The Kier molecular flexibility index (Phi) is 5.83. The molecular formula is C25H25NO4S. The highest BCUT2D eigenvalue weighted by atomic mass is 32.2. The number of hydrogen-bond acceptors (Lipinski definition) is 4. The summed E-state index contributed by atoms with van der Waals surface area (Å²) in [5.74, 6) is 0.559. The van der Waals surface area contributed by atoms with Crippen molar-refractivity contribution in [3.8, 4) is 5.75 Å². The number of sulfone groups is 1. The van der Waals surface area contributed by atoms with Crippen molar-refractivity contribution in [3.63, 3.8) is 0 Å². The molecule has 5 nitrogen and oxygen atoms in total. The first-order valence-corrected chi connectivity index (χ1v) is 11.9. The summed E-state index contributed by atoms with van der Waals surface area (Å²) >= 11 is 0. The third-order valence-corrected chi connectivity index (χ3v) is 7.16. The van der Waals surface area contributed by atoms with Crippen LogP contribution in [0.1, 0.15) is 45.1 Å². The minimum absolute atomic E-state index is 0.106. The molecule has 1 heterocycles. The van der Waals surface area contributed by atoms with Gasteiger partial charge in [0.15, 0.2) is 9.84 Å². The lowest BCUT2D eigenvalue weighted by atomic mass is 9.95. The van der Waals surface area contributed by atoms with Gasteiger partial charge >= 0.3 is 0 Å². The van der Waals surface area contributed by atoms with Crippen LogP contribution in [0.2, 0.25) is 0 Å². The van der Waals surface area contributed by atoms with E-state index in [0.717, 1.165) is 22.4 Å². The molecule has 0 spiro atoms. The number of hydrogen-bond donors (Lipinski definition) is 1. The van der Waals surface area contributed by atoms with Gasteiger partial charge in [0.1, 0.15) is 5.75 Å². The molecule has 1 amide bonds. The Labute approximate surface area is 183 Å². The van der Waals surface area contributed by atoms with Crippen molar-refractivity contribution in [1.82, 2.24) is 5.32 Å². The largest absolute Gasteiger partial charge is 0.493 e. The molecule has 3 aromatic rings. The van der Waals surface area contributed by atoms with Gasteiger partial charge in [-0.1, -0.05) is 48.0 Å². The lowest BCUT2D eigenvalue weighted by Gasteiger charge is -2.28. The molecule has 1 aliphatic heterocycles. The second-order valence-corrected chi connectivity index (χ2v) is 9.92. The number of carbonyl (C=O) groups excluding carboxylic acids is 1. The summed E-state index contributed by atoms with van der Waals surface area (Å²) in [5.41, 5.74) is 4.34. The van der Waals surface area contributed by atoms with Gasteiger partial charge in [-0.05, 0) is 49.2 Å². The smallest absolute Gasteiger partial charge is 0.251 e. The molecule has 0 aliphatic carbocycles. The monoisotopic (exact) mass is 435 g/mol. The van der Waals surface area contributed by atoms with Crippen LogP contribution in [0.25, 0.3) is 0 Å². The number of rotatable bonds is 5. The number of benzene rings is 3. The maximum Gasteiger partial charge on any atom is 0.251 e. The van der Waals surface area contributed by atoms with Crippen LogP contribution in [0.4, 0.5) is 0 Å². The van der Waals surface area contributed by atoms with Crippen LogP contribution in [-0.2, 0) is 15.6 Å². The van der Waals surface area contributed by atoms with E-state index < -0.39 is 9.84 Å². The summed E-state index contributed by atoms with van der Waals surface area (Å²) in [6.45, 7) is 4.60. The molecule has 0 saturated heterocycles. The van der Waals surface area contributed by atoms with Crippen molar-refractivity contribution in [1.29, 1.82) is 0 Å². The van der Waals surface area contributed by atoms with Gasteiger partial charge in [-0.25, -0.2) is 8.42 Å². The van der Waals surface area contributed by atoms with Crippen LogP contribution < -0.4 is 10.1 Å². The minimum Gasteiger partial charge on any atom is -0.493 e. The van der Waals surface area contributed by atoms with Crippen molar-refractivity contribution in [2.75, 3.05) is 6.61 Å². The van der Waals surface area contributed by atoms with Gasteiger partial charge in [0, 0.05) is 17.5 Å². The number of fused-ring (bicyclic) bond motifs is 1. The van der Waals surface area contributed by atoms with Gasteiger partial charge in [-0.2, -0.15) is 0 Å². The number of amides is 1. The first-order chi connectivity index (χ1) is 14.8. The van der Waals surface area contributed by atoms with Crippen molar-refractivity contribution in [2.24, 2.45) is 0 Å². The summed E-state index contributed by atoms with van der Waals surface area (Å²) in [4.78, 5) is 13.1. The van der Waals surface area contributed by atoms with Crippen molar-refractivity contribution in [3.05, 3.63) is 94.5 Å². The SMILES string of the molecule is Cc1cc(C)c2c(c1)C(NC(=O)c1ccc(CS(=O)(=O)c3ccccc3)cc1)CCO2. The van der Waals surface area contributed by atoms with Crippen molar-refractivity contribution >= 4 is 15.7 Å². The lowest BCUT2D eigenvalue weighted by molar-refractivity contribution is 0.0924. The van der Waals surface area contributed by atoms with E-state index in [4.69, 9.17) is 4.74 Å². The highest BCUT2D eigenvalue weighted by Gasteiger charge is 2.25. The molecular weight excluding hydrogens is 410 g/mol. The van der Waals surface area contributed by atoms with E-state index in [2.05, 4.69) is 17.4 Å². The lowest BCUT2D eigenvalue weighted by Crippen LogP contribution is -2.32. The van der Waals surface area contributed by atoms with Gasteiger partial charge in [-0.15, -0.1) is 0 Å². The number of nitrogens with one attached hydrogen (secondary N) is 1. The van der Waals surface area contributed by atoms with Gasteiger partial charge in [0.25, 0.3) is 5.91 Å². The Morgan fingerprint density at radius 2 is 1.74 bits per heavy atom. The van der Waals surface area contributed by atoms with Crippen LogP contribution >= 0.6 is 0 Å². The Hall–Kier alpha value is -3.12. The van der Waals surface area contributed by atoms with E-state index >= 15 is 0 Å². The molecule has 31 heavy (non-hydrogen) atoms. The Morgan fingerprint density at radius 3 is 2.45 bits per heavy atom. The number of carbonyl (C=O) groups is 1. The number of ether oxygens (including phenoxy) is 1. The molecule has 3 aromatic carbocycles. The molecule has 0 fully saturated rings. The molecule has 0 bridgehead atoms. The summed E-state index contributed by atoms with van der Waals surface area (Å²) in [7, 11) is -3.43. The van der Waals surface area contributed by atoms with E-state index in [-0.39, 0.29) is 17.7 Å². The highest BCUT2D eigenvalue weighted by Crippen LogP contribution is 2.35. The Morgan fingerprint density at radius 1 is 1.03 bits per heavy atom. The third-order valence-electron chi connectivity index (χ3n) is 5.46. The van der Waals surface area contributed by atoms with E-state index in [9.17, 15) is 13.2 Å². The second-order valence-electron chi connectivity index (χ2n) is 7.93. The van der Waals surface area contributed by atoms with Crippen molar-refractivity contribution < 1.29 is 17.9 Å². The molecule has 1 atom stereocenters. The first kappa shape index (κ1) is 21.1. The highest BCUT2D eigenvalue weighted by molar-refractivity contribution is 7.90. The topological polar surface area (TPSA) is 72.5 Å². The van der Waals surface area contributed by atoms with E-state index in [1.165, 1.54) is 0 Å². The van der Waals surface area contributed by atoms with Crippen molar-refractivity contribution in [2.45, 2.75) is 37.0 Å². The zero-order valence-electron chi connectivity index (χ0n) is 17.6. The number of aryl methyl sites for hydroxylation is 2. The van der Waals surface area contributed by atoms with Crippen LogP contribution in [0, 0.1) is 13.8 Å². The summed E-state index contributed by atoms with van der Waals surface area (Å²) in [6.07, 6.45) is 0.703. The molecule has 0 aromatic heterocycles. The normalized spacial score (nSPS) is 15.6. The van der Waals surface area contributed by atoms with Gasteiger partial charge in [-0.3, -0.25) is 4.79 Å². The van der Waals surface area contributed by atoms with E-state index in [1.807, 2.05) is 13.8 Å². The Balaban J connectivity index is 1.48. The van der Waals surface area contributed by atoms with Crippen LogP contribution in [0.3, 0.4) is 0 Å². The predicted molar refractivity (Wildman–Crippen MR) is 120 cm³/mol. The zero-order chi connectivity index (χ0) is 22.0. The fraction of sp³-hybridized carbons (Fsp3) is 0.240. The Bertz CT molecular complexity index is 1200. The molecule has 1 N–H and O–H groups in total. The fourth-order valence-corrected chi connectivity index (χ4v) is 5.32. The first-order valence-electron chi connectivity index (χ1n) is 10.2. The maximum atomic E-state index is 12.8. The third kappa shape index (κ3) is 4.64. The predicted octanol–water partition coefficient (Wildman–Crippen LogP) is 4.53. The molecule has 0 radical (unpaired) electrons. The van der Waals surface area contributed by atoms with Gasteiger partial charge in [0.2, 0.25) is 0 Å². The van der Waals surface area contributed by atoms with Gasteiger partial charge < -0.3 is 10.1 Å². The van der Waals surface area contributed by atoms with Crippen LogP contribution in [0.5, 0.6) is 5.75 Å². The molecule has 1 aliphatic rings. The van der Waals surface area contributed by atoms with E-state index in [0.29, 0.717) is 29.1 Å². The summed E-state index contributed by atoms with van der Waals surface area (Å²) in [5, 5.41) is 3.10. The standard InChI is InChI=1S/C25H25NO4S/c1-17-14-18(2)24-22(15-17)23(12-13-30-24)26-25(27)20-10-8-19(9-11-20)16-31(28,29)21-6-4-3-5-7-21/h3-11,14-15,23H,12-13,16H2,1-2H3,(H,26,27). The molecule has 6 heteroatoms. The summed E-state index contributed by atoms with van der Waals surface area (Å²) < 4.78 is 30.9. The average molecular weight is 436 g/mol. The molecule has 4 rings (SSSR count). The molecule has 160 valence electrons. The average Bonchev–Trinajstić information content (AvgIpc) is 2.75. The van der Waals surface area contributed by atoms with Crippen LogP contribution in [-0.4, -0.2) is 20.9 Å². The maximum absolute atomic E-state index is 12.8. The molecule has 1 unspecified atom stereocenters. The summed E-state index contributed by atoms with van der Waals surface area (Å²) in [6, 6.07) is 19.1. The van der Waals surface area contributed by atoms with E-state index in [1.54, 1.807) is 54.6 Å². The van der Waals surface area contributed by atoms with Crippen LogP contribution in [0.15, 0.2) is 71.6 Å². The van der Waals surface area contributed by atoms with Gasteiger partial charge in [0.05, 0.1) is 23.3 Å².